The molecule has 1 saturated heterocycles. The molecule has 0 bridgehead atoms. The molecule has 21 heavy (non-hydrogen) atoms. The monoisotopic (exact) mass is 328 g/mol. The largest absolute Gasteiger partial charge is 0.477 e. The van der Waals surface area contributed by atoms with E-state index in [-0.39, 0.29) is 24.9 Å². The molecule has 3 rings (SSSR count). The molecule has 1 aliphatic heterocycles. The molecule has 2 atom stereocenters. The van der Waals surface area contributed by atoms with Crippen LogP contribution in [0.3, 0.4) is 0 Å². The summed E-state index contributed by atoms with van der Waals surface area (Å²) >= 11 is 6.81. The van der Waals surface area contributed by atoms with Gasteiger partial charge in [-0.1, -0.05) is 11.3 Å². The molecule has 1 aliphatic rings. The van der Waals surface area contributed by atoms with Gasteiger partial charge in [-0.2, -0.15) is 9.97 Å². The molecular weight excluding hydrogens is 312 g/mol. The molecule has 0 spiro atoms. The van der Waals surface area contributed by atoms with E-state index in [4.69, 9.17) is 27.4 Å². The van der Waals surface area contributed by atoms with E-state index in [1.807, 2.05) is 11.5 Å². The summed E-state index contributed by atoms with van der Waals surface area (Å²) in [6.07, 6.45) is 1.18. The highest BCUT2D eigenvalue weighted by atomic mass is 32.1. The summed E-state index contributed by atoms with van der Waals surface area (Å²) in [5.41, 5.74) is 6.39. The van der Waals surface area contributed by atoms with Crippen LogP contribution >= 0.6 is 23.6 Å². The van der Waals surface area contributed by atoms with Crippen molar-refractivity contribution in [2.24, 2.45) is 0 Å². The molecular formula is C12H16N4O3S2. The van der Waals surface area contributed by atoms with Crippen LogP contribution in [0.4, 0.5) is 5.95 Å². The highest BCUT2D eigenvalue weighted by Gasteiger charge is 2.29. The number of nitrogens with zero attached hydrogens (tertiary/aromatic N) is 3. The minimum absolute atomic E-state index is 0.00715. The molecule has 0 unspecified atom stereocenters. The van der Waals surface area contributed by atoms with Gasteiger partial charge in [-0.3, -0.25) is 4.57 Å². The van der Waals surface area contributed by atoms with Gasteiger partial charge < -0.3 is 20.3 Å². The molecule has 0 aromatic carbocycles. The first-order valence-corrected chi connectivity index (χ1v) is 7.94. The third-order valence-corrected chi connectivity index (χ3v) is 4.69. The van der Waals surface area contributed by atoms with Crippen molar-refractivity contribution in [3.05, 3.63) is 3.95 Å². The van der Waals surface area contributed by atoms with Crippen LogP contribution in [0.2, 0.25) is 0 Å². The maximum Gasteiger partial charge on any atom is 0.238 e. The second-order valence-corrected chi connectivity index (χ2v) is 6.33. The third-order valence-electron chi connectivity index (χ3n) is 3.31. The van der Waals surface area contributed by atoms with Crippen LogP contribution in [0, 0.1) is 3.95 Å². The number of aliphatic hydroxyl groups is 1. The van der Waals surface area contributed by atoms with E-state index >= 15 is 0 Å². The highest BCUT2D eigenvalue weighted by Crippen LogP contribution is 2.36. The topological polar surface area (TPSA) is 95.4 Å². The Labute approximate surface area is 130 Å². The molecule has 2 aromatic heterocycles. The van der Waals surface area contributed by atoms with Crippen molar-refractivity contribution in [1.29, 1.82) is 0 Å². The van der Waals surface area contributed by atoms with Crippen LogP contribution in [-0.2, 0) is 4.74 Å². The Morgan fingerprint density at radius 1 is 1.52 bits per heavy atom. The molecule has 3 N–H and O–H groups in total. The van der Waals surface area contributed by atoms with Crippen LogP contribution in [0.1, 0.15) is 26.0 Å². The van der Waals surface area contributed by atoms with E-state index in [1.165, 1.54) is 11.3 Å². The van der Waals surface area contributed by atoms with E-state index in [2.05, 4.69) is 9.97 Å². The Kier molecular flexibility index (Phi) is 4.07. The summed E-state index contributed by atoms with van der Waals surface area (Å²) in [5.74, 6) is 0.593. The SMILES string of the molecule is CCOc1nc(N)nc2c1sc(=S)n2[C@H]1CC[C@@H](CO)O1. The van der Waals surface area contributed by atoms with Crippen molar-refractivity contribution in [3.63, 3.8) is 0 Å². The van der Waals surface area contributed by atoms with E-state index < -0.39 is 0 Å². The Morgan fingerprint density at radius 2 is 2.33 bits per heavy atom. The highest BCUT2D eigenvalue weighted by molar-refractivity contribution is 7.73. The maximum absolute atomic E-state index is 9.20. The summed E-state index contributed by atoms with van der Waals surface area (Å²) in [6, 6.07) is 0. The fraction of sp³-hybridized carbons (Fsp3) is 0.583. The zero-order valence-corrected chi connectivity index (χ0v) is 13.1. The second kappa shape index (κ2) is 5.84. The molecule has 0 aliphatic carbocycles. The van der Waals surface area contributed by atoms with E-state index in [9.17, 15) is 5.11 Å². The smallest absolute Gasteiger partial charge is 0.238 e. The average molecular weight is 328 g/mol. The number of nitrogen functional groups attached to an aromatic ring is 1. The zero-order valence-electron chi connectivity index (χ0n) is 11.5. The minimum atomic E-state index is -0.229. The van der Waals surface area contributed by atoms with E-state index in [1.54, 1.807) is 0 Å². The lowest BCUT2D eigenvalue weighted by molar-refractivity contribution is -0.0207. The van der Waals surface area contributed by atoms with Crippen molar-refractivity contribution in [1.82, 2.24) is 14.5 Å². The predicted molar refractivity (Wildman–Crippen MR) is 82.1 cm³/mol. The van der Waals surface area contributed by atoms with Crippen molar-refractivity contribution in [3.8, 4) is 5.88 Å². The predicted octanol–water partition coefficient (Wildman–Crippen LogP) is 1.87. The van der Waals surface area contributed by atoms with Gasteiger partial charge in [0.2, 0.25) is 11.8 Å². The van der Waals surface area contributed by atoms with Gasteiger partial charge in [0.05, 0.1) is 19.3 Å². The van der Waals surface area contributed by atoms with Crippen LogP contribution in [-0.4, -0.2) is 39.0 Å². The average Bonchev–Trinajstić information content (AvgIpc) is 3.02. The number of hydrogen-bond acceptors (Lipinski definition) is 8. The first-order chi connectivity index (χ1) is 10.1. The molecule has 2 aromatic rings. The lowest BCUT2D eigenvalue weighted by Crippen LogP contribution is -2.15. The van der Waals surface area contributed by atoms with E-state index in [0.717, 1.165) is 17.5 Å². The quantitative estimate of drug-likeness (QED) is 0.827. The van der Waals surface area contributed by atoms with Crippen molar-refractivity contribution in [2.75, 3.05) is 18.9 Å². The number of anilines is 1. The van der Waals surface area contributed by atoms with Crippen molar-refractivity contribution < 1.29 is 14.6 Å². The Bertz CT molecular complexity index is 714. The number of nitrogens with two attached hydrogens (primary N) is 1. The molecule has 0 radical (unpaired) electrons. The fourth-order valence-corrected chi connectivity index (χ4v) is 3.77. The number of ether oxygens (including phenoxy) is 2. The van der Waals surface area contributed by atoms with Crippen molar-refractivity contribution in [2.45, 2.75) is 32.1 Å². The normalized spacial score (nSPS) is 22.0. The molecule has 1 fully saturated rings. The summed E-state index contributed by atoms with van der Waals surface area (Å²) < 4.78 is 14.5. The van der Waals surface area contributed by atoms with Crippen LogP contribution < -0.4 is 10.5 Å². The lowest BCUT2D eigenvalue weighted by atomic mass is 10.2. The van der Waals surface area contributed by atoms with Gasteiger partial charge in [-0.05, 0) is 32.0 Å². The molecule has 0 saturated carbocycles. The molecule has 114 valence electrons. The number of thiazole rings is 1. The number of fused-ring (bicyclic) bond motifs is 1. The summed E-state index contributed by atoms with van der Waals surface area (Å²) in [7, 11) is 0. The van der Waals surface area contributed by atoms with Gasteiger partial charge in [0.1, 0.15) is 10.9 Å². The lowest BCUT2D eigenvalue weighted by Gasteiger charge is -2.14. The van der Waals surface area contributed by atoms with Crippen molar-refractivity contribution >= 4 is 39.9 Å². The fourth-order valence-electron chi connectivity index (χ4n) is 2.41. The summed E-state index contributed by atoms with van der Waals surface area (Å²) in [6.45, 7) is 2.38. The first-order valence-electron chi connectivity index (χ1n) is 6.71. The van der Waals surface area contributed by atoms with Gasteiger partial charge in [0, 0.05) is 0 Å². The number of aromatic nitrogens is 3. The number of rotatable bonds is 4. The third kappa shape index (κ3) is 2.61. The van der Waals surface area contributed by atoms with Crippen LogP contribution in [0.5, 0.6) is 5.88 Å². The van der Waals surface area contributed by atoms with Gasteiger partial charge in [-0.25, -0.2) is 0 Å². The standard InChI is InChI=1S/C12H16N4O3S2/c1-2-18-10-8-9(14-11(13)15-10)16(12(20)21-8)7-4-3-6(5-17)19-7/h6-7,17H,2-5H2,1H3,(H2,13,14,15)/t6-,7+/m0/s1. The first kappa shape index (κ1) is 14.6. The molecule has 3 heterocycles. The van der Waals surface area contributed by atoms with Gasteiger partial charge in [-0.15, -0.1) is 0 Å². The maximum atomic E-state index is 9.20. The van der Waals surface area contributed by atoms with Crippen LogP contribution in [0.25, 0.3) is 10.3 Å². The zero-order chi connectivity index (χ0) is 15.0. The minimum Gasteiger partial charge on any atom is -0.477 e. The second-order valence-electron chi connectivity index (χ2n) is 4.68. The molecule has 9 heteroatoms. The molecule has 7 nitrogen and oxygen atoms in total. The van der Waals surface area contributed by atoms with Gasteiger partial charge in [0.15, 0.2) is 9.60 Å². The number of hydrogen-bond donors (Lipinski definition) is 2. The Morgan fingerprint density at radius 3 is 3.00 bits per heavy atom. The summed E-state index contributed by atoms with van der Waals surface area (Å²) in [4.78, 5) is 8.40. The Balaban J connectivity index is 2.11. The Hall–Kier alpha value is -1.29. The molecule has 0 amide bonds. The van der Waals surface area contributed by atoms with Gasteiger partial charge in [0.25, 0.3) is 0 Å². The van der Waals surface area contributed by atoms with Gasteiger partial charge >= 0.3 is 0 Å². The van der Waals surface area contributed by atoms with Crippen LogP contribution in [0.15, 0.2) is 0 Å². The van der Waals surface area contributed by atoms with E-state index in [0.29, 0.717) is 22.1 Å². The summed E-state index contributed by atoms with van der Waals surface area (Å²) in [5, 5.41) is 9.20. The number of aliphatic hydroxyl groups excluding tert-OH is 1.